The van der Waals surface area contributed by atoms with Crippen molar-refractivity contribution in [2.45, 2.75) is 37.9 Å². The molecule has 0 aliphatic carbocycles. The van der Waals surface area contributed by atoms with Gasteiger partial charge < -0.3 is 0 Å². The molecule has 0 nitrogen and oxygen atoms in total. The molecule has 0 N–H and O–H groups in total. The molecule has 0 saturated carbocycles. The fourth-order valence-corrected chi connectivity index (χ4v) is 4.33. The minimum absolute atomic E-state index is 0.542. The van der Waals surface area contributed by atoms with Gasteiger partial charge in [0, 0.05) is 0 Å². The molecular weight excluding hydrogens is 343 g/mol. The molecule has 2 rings (SSSR count). The van der Waals surface area contributed by atoms with E-state index in [1.54, 1.807) is 5.57 Å². The van der Waals surface area contributed by atoms with Gasteiger partial charge in [-0.2, -0.15) is 0 Å². The van der Waals surface area contributed by atoms with E-state index in [1.807, 2.05) is 0 Å². The number of rotatable bonds is 9. The monoisotopic (exact) mass is 370 g/mol. The number of unbranched alkanes of at least 4 members (excludes halogenated alkanes) is 2. The maximum atomic E-state index is 2.34. The zero-order chi connectivity index (χ0) is 16.2. The van der Waals surface area contributed by atoms with E-state index in [4.69, 9.17) is 0 Å². The summed E-state index contributed by atoms with van der Waals surface area (Å²) in [4.78, 5) is 0. The van der Waals surface area contributed by atoms with Crippen molar-refractivity contribution in [1.82, 2.24) is 0 Å². The first-order valence-electron chi connectivity index (χ1n) is 8.47. The average Bonchev–Trinajstić information content (AvgIpc) is 2.61. The Hall–Kier alpha value is -1.56. The molecule has 120 valence electrons. The maximum absolute atomic E-state index is 2.34. The third-order valence-corrected chi connectivity index (χ3v) is 6.04. The summed E-state index contributed by atoms with van der Waals surface area (Å²) >= 11 is 0.542. The van der Waals surface area contributed by atoms with Crippen molar-refractivity contribution in [1.29, 1.82) is 0 Å². The fraction of sp³-hybridized carbons (Fsp3) is 0.273. The zero-order valence-corrected chi connectivity index (χ0v) is 15.7. The number of benzene rings is 2. The Morgan fingerprint density at radius 2 is 1.61 bits per heavy atom. The Morgan fingerprint density at radius 1 is 0.913 bits per heavy atom. The molecule has 0 aromatic heterocycles. The molecule has 0 amide bonds. The summed E-state index contributed by atoms with van der Waals surface area (Å²) < 4.78 is 1.49. The van der Waals surface area contributed by atoms with E-state index in [-0.39, 0.29) is 0 Å². The van der Waals surface area contributed by atoms with Crippen LogP contribution in [0.15, 0.2) is 78.4 Å². The van der Waals surface area contributed by atoms with Gasteiger partial charge in [0.25, 0.3) is 0 Å². The molecule has 0 spiro atoms. The number of allylic oxidation sites excluding steroid dienone is 3. The van der Waals surface area contributed by atoms with Crippen LogP contribution in [0, 0.1) is 0 Å². The van der Waals surface area contributed by atoms with Gasteiger partial charge in [-0.3, -0.25) is 0 Å². The molecule has 0 fully saturated rings. The first-order chi connectivity index (χ1) is 11.4. The van der Waals surface area contributed by atoms with Crippen LogP contribution in [0.4, 0.5) is 0 Å². The molecular formula is C22H26Se. The van der Waals surface area contributed by atoms with E-state index >= 15 is 0 Å². The van der Waals surface area contributed by atoms with Crippen LogP contribution in [0.2, 0.25) is 5.32 Å². The zero-order valence-electron chi connectivity index (χ0n) is 13.9. The van der Waals surface area contributed by atoms with Gasteiger partial charge in [-0.15, -0.1) is 0 Å². The van der Waals surface area contributed by atoms with E-state index in [0.29, 0.717) is 15.0 Å². The van der Waals surface area contributed by atoms with E-state index in [9.17, 15) is 0 Å². The van der Waals surface area contributed by atoms with E-state index in [1.165, 1.54) is 41.0 Å². The summed E-state index contributed by atoms with van der Waals surface area (Å²) in [5.41, 5.74) is 2.86. The standard InChI is InChI=1S/C22H26Se/c1-2-3-6-14-21(19-23-22-17-9-5-10-18-22)16-11-15-20-12-7-4-8-13-20/h4-5,7-13,15-18H,2-3,6,14,19H2,1H3/b15-11+,21-16+. The van der Waals surface area contributed by atoms with Crippen molar-refractivity contribution >= 4 is 25.5 Å². The Kier molecular flexibility index (Phi) is 8.55. The summed E-state index contributed by atoms with van der Waals surface area (Å²) in [5.74, 6) is 0. The summed E-state index contributed by atoms with van der Waals surface area (Å²) in [7, 11) is 0. The average molecular weight is 369 g/mol. The van der Waals surface area contributed by atoms with E-state index < -0.39 is 0 Å². The molecule has 0 aliphatic heterocycles. The van der Waals surface area contributed by atoms with Crippen LogP contribution in [0.3, 0.4) is 0 Å². The minimum atomic E-state index is 0.542. The number of hydrogen-bond acceptors (Lipinski definition) is 0. The predicted octanol–water partition coefficient (Wildman–Crippen LogP) is 5.65. The second-order valence-electron chi connectivity index (χ2n) is 5.65. The van der Waals surface area contributed by atoms with Crippen molar-refractivity contribution in [3.8, 4) is 0 Å². The molecule has 2 aromatic rings. The van der Waals surface area contributed by atoms with Crippen molar-refractivity contribution < 1.29 is 0 Å². The molecule has 1 heteroatoms. The molecule has 0 atom stereocenters. The van der Waals surface area contributed by atoms with Gasteiger partial charge in [0.15, 0.2) is 0 Å². The van der Waals surface area contributed by atoms with Crippen molar-refractivity contribution in [3.05, 3.63) is 84.0 Å². The molecule has 0 unspecified atom stereocenters. The van der Waals surface area contributed by atoms with Crippen LogP contribution in [0.5, 0.6) is 0 Å². The number of hydrogen-bond donors (Lipinski definition) is 0. The van der Waals surface area contributed by atoms with Gasteiger partial charge in [0.05, 0.1) is 0 Å². The van der Waals surface area contributed by atoms with Gasteiger partial charge in [-0.1, -0.05) is 0 Å². The Bertz CT molecular complexity index is 596. The quantitative estimate of drug-likeness (QED) is 0.304. The molecule has 23 heavy (non-hydrogen) atoms. The van der Waals surface area contributed by atoms with Crippen LogP contribution < -0.4 is 4.46 Å². The topological polar surface area (TPSA) is 0 Å². The Morgan fingerprint density at radius 3 is 2.30 bits per heavy atom. The molecule has 0 aliphatic rings. The summed E-state index contributed by atoms with van der Waals surface area (Å²) in [6.45, 7) is 2.27. The molecule has 0 radical (unpaired) electrons. The Balaban J connectivity index is 1.95. The summed E-state index contributed by atoms with van der Waals surface area (Å²) in [6, 6.07) is 21.4. The molecule has 0 heterocycles. The van der Waals surface area contributed by atoms with Crippen LogP contribution in [0.25, 0.3) is 6.08 Å². The van der Waals surface area contributed by atoms with Crippen LogP contribution >= 0.6 is 0 Å². The summed E-state index contributed by atoms with van der Waals surface area (Å²) in [5, 5.41) is 1.22. The second-order valence-corrected chi connectivity index (χ2v) is 7.85. The first-order valence-corrected chi connectivity index (χ1v) is 10.5. The van der Waals surface area contributed by atoms with Gasteiger partial charge in [0.1, 0.15) is 0 Å². The van der Waals surface area contributed by atoms with E-state index in [0.717, 1.165) is 0 Å². The Labute approximate surface area is 147 Å². The van der Waals surface area contributed by atoms with Gasteiger partial charge in [0.2, 0.25) is 0 Å². The molecule has 2 aromatic carbocycles. The SMILES string of the molecule is CCCCC/C(=C\C=C\c1ccccc1)C[Se]c1ccccc1. The predicted molar refractivity (Wildman–Crippen MR) is 104 cm³/mol. The van der Waals surface area contributed by atoms with Gasteiger partial charge >= 0.3 is 147 Å². The van der Waals surface area contributed by atoms with Crippen LogP contribution in [-0.4, -0.2) is 15.0 Å². The van der Waals surface area contributed by atoms with Crippen LogP contribution in [0.1, 0.15) is 38.2 Å². The third-order valence-electron chi connectivity index (χ3n) is 3.69. The van der Waals surface area contributed by atoms with Gasteiger partial charge in [-0.05, 0) is 0 Å². The third kappa shape index (κ3) is 7.50. The van der Waals surface area contributed by atoms with Crippen LogP contribution in [-0.2, 0) is 0 Å². The van der Waals surface area contributed by atoms with Crippen molar-refractivity contribution in [2.24, 2.45) is 0 Å². The van der Waals surface area contributed by atoms with Gasteiger partial charge in [-0.25, -0.2) is 0 Å². The molecule has 0 bridgehead atoms. The normalized spacial score (nSPS) is 12.0. The first kappa shape index (κ1) is 17.8. The van der Waals surface area contributed by atoms with E-state index in [2.05, 4.69) is 85.8 Å². The van der Waals surface area contributed by atoms with Crippen molar-refractivity contribution in [2.75, 3.05) is 0 Å². The second kappa shape index (κ2) is 11.0. The van der Waals surface area contributed by atoms with Crippen molar-refractivity contribution in [3.63, 3.8) is 0 Å². The molecule has 0 saturated heterocycles. The summed E-state index contributed by atoms with van der Waals surface area (Å²) in [6.07, 6.45) is 11.9. The fourth-order valence-electron chi connectivity index (χ4n) is 2.36.